The molecular formula is C13H16N4OS. The summed E-state index contributed by atoms with van der Waals surface area (Å²) in [6, 6.07) is 0.0476. The van der Waals surface area contributed by atoms with Gasteiger partial charge in [0.25, 0.3) is 5.91 Å². The fraction of sp³-hybridized carbons (Fsp3) is 0.462. The molecule has 19 heavy (non-hydrogen) atoms. The maximum Gasteiger partial charge on any atom is 0.255 e. The minimum Gasteiger partial charge on any atom is -0.342 e. The average Bonchev–Trinajstić information content (AvgIpc) is 2.98. The van der Waals surface area contributed by atoms with Gasteiger partial charge in [0.05, 0.1) is 17.8 Å². The second-order valence-corrected chi connectivity index (χ2v) is 5.91. The van der Waals surface area contributed by atoms with E-state index in [2.05, 4.69) is 15.4 Å². The molecule has 1 atom stereocenters. The highest BCUT2D eigenvalue weighted by Crippen LogP contribution is 2.41. The summed E-state index contributed by atoms with van der Waals surface area (Å²) < 4.78 is 1.63. The van der Waals surface area contributed by atoms with Gasteiger partial charge in [0.1, 0.15) is 5.01 Å². The van der Waals surface area contributed by atoms with Gasteiger partial charge in [0.2, 0.25) is 0 Å². The van der Waals surface area contributed by atoms with Crippen molar-refractivity contribution in [2.45, 2.75) is 25.8 Å². The Hall–Kier alpha value is -1.69. The molecule has 2 aromatic rings. The second-order valence-electron chi connectivity index (χ2n) is 5.02. The molecule has 0 aliphatic heterocycles. The highest BCUT2D eigenvalue weighted by atomic mass is 32.1. The lowest BCUT2D eigenvalue weighted by Gasteiger charge is -2.15. The van der Waals surface area contributed by atoms with Crippen molar-refractivity contribution in [2.24, 2.45) is 13.0 Å². The summed E-state index contributed by atoms with van der Waals surface area (Å²) in [6.07, 6.45) is 5.64. The van der Waals surface area contributed by atoms with Crippen molar-refractivity contribution in [3.8, 4) is 0 Å². The van der Waals surface area contributed by atoms with Gasteiger partial charge in [0.15, 0.2) is 0 Å². The molecule has 6 heteroatoms. The van der Waals surface area contributed by atoms with Crippen molar-refractivity contribution >= 4 is 17.2 Å². The Bertz CT molecular complexity index is 599. The van der Waals surface area contributed by atoms with E-state index in [0.717, 1.165) is 23.5 Å². The van der Waals surface area contributed by atoms with Crippen LogP contribution in [-0.4, -0.2) is 20.7 Å². The Morgan fingerprint density at radius 2 is 2.37 bits per heavy atom. The SMILES string of the molecule is Cc1csc(C(NC(=O)c2cnn(C)c2)C2CC2)n1. The Morgan fingerprint density at radius 3 is 2.89 bits per heavy atom. The monoisotopic (exact) mass is 276 g/mol. The zero-order chi connectivity index (χ0) is 13.4. The van der Waals surface area contributed by atoms with Crippen LogP contribution in [0.3, 0.4) is 0 Å². The van der Waals surface area contributed by atoms with E-state index >= 15 is 0 Å². The maximum absolute atomic E-state index is 12.2. The molecule has 1 amide bonds. The predicted octanol–water partition coefficient (Wildman–Crippen LogP) is 2.07. The first-order chi connectivity index (χ1) is 9.13. The van der Waals surface area contributed by atoms with Crippen molar-refractivity contribution in [3.05, 3.63) is 34.0 Å². The largest absolute Gasteiger partial charge is 0.342 e. The molecule has 2 aromatic heterocycles. The zero-order valence-electron chi connectivity index (χ0n) is 11.0. The van der Waals surface area contributed by atoms with E-state index in [1.165, 1.54) is 0 Å². The molecule has 1 fully saturated rings. The van der Waals surface area contributed by atoms with Crippen LogP contribution in [0.1, 0.15) is 39.9 Å². The molecule has 1 unspecified atom stereocenters. The number of carbonyl (C=O) groups excluding carboxylic acids is 1. The molecule has 0 saturated heterocycles. The van der Waals surface area contributed by atoms with Crippen LogP contribution in [0.5, 0.6) is 0 Å². The summed E-state index contributed by atoms with van der Waals surface area (Å²) in [5, 5.41) is 10.2. The van der Waals surface area contributed by atoms with Gasteiger partial charge in [-0.25, -0.2) is 4.98 Å². The van der Waals surface area contributed by atoms with Gasteiger partial charge in [0, 0.05) is 24.3 Å². The molecule has 2 heterocycles. The Kier molecular flexibility index (Phi) is 3.10. The second kappa shape index (κ2) is 4.77. The van der Waals surface area contributed by atoms with E-state index < -0.39 is 0 Å². The van der Waals surface area contributed by atoms with Crippen LogP contribution in [0.25, 0.3) is 0 Å². The Labute approximate surface area is 115 Å². The molecule has 5 nitrogen and oxygen atoms in total. The van der Waals surface area contributed by atoms with Gasteiger partial charge >= 0.3 is 0 Å². The van der Waals surface area contributed by atoms with Gasteiger partial charge in [-0.05, 0) is 25.7 Å². The normalized spacial score (nSPS) is 16.3. The number of carbonyl (C=O) groups is 1. The number of rotatable bonds is 4. The number of nitrogens with one attached hydrogen (secondary N) is 1. The standard InChI is InChI=1S/C13H16N4OS/c1-8-7-19-13(15-8)11(9-3-4-9)16-12(18)10-5-14-17(2)6-10/h5-7,9,11H,3-4H2,1-2H3,(H,16,18). The fourth-order valence-corrected chi connectivity index (χ4v) is 3.03. The third kappa shape index (κ3) is 2.68. The lowest BCUT2D eigenvalue weighted by Crippen LogP contribution is -2.29. The lowest BCUT2D eigenvalue weighted by atomic mass is 10.2. The number of nitrogens with zero attached hydrogens (tertiary/aromatic N) is 3. The quantitative estimate of drug-likeness (QED) is 0.930. The van der Waals surface area contributed by atoms with E-state index in [1.54, 1.807) is 35.5 Å². The molecule has 1 N–H and O–H groups in total. The first-order valence-electron chi connectivity index (χ1n) is 6.35. The van der Waals surface area contributed by atoms with Gasteiger partial charge < -0.3 is 5.32 Å². The summed E-state index contributed by atoms with van der Waals surface area (Å²) in [5.74, 6) is 0.462. The minimum atomic E-state index is -0.0714. The molecular weight excluding hydrogens is 260 g/mol. The molecule has 1 aliphatic carbocycles. The van der Waals surface area contributed by atoms with Gasteiger partial charge in [-0.2, -0.15) is 5.10 Å². The predicted molar refractivity (Wildman–Crippen MR) is 73.0 cm³/mol. The van der Waals surface area contributed by atoms with E-state index in [4.69, 9.17) is 0 Å². The summed E-state index contributed by atoms with van der Waals surface area (Å²) in [4.78, 5) is 16.7. The first kappa shape index (κ1) is 12.3. The van der Waals surface area contributed by atoms with E-state index in [9.17, 15) is 4.79 Å². The number of amides is 1. The smallest absolute Gasteiger partial charge is 0.255 e. The summed E-state index contributed by atoms with van der Waals surface area (Å²) in [7, 11) is 1.80. The third-order valence-corrected chi connectivity index (χ3v) is 4.30. The number of aromatic nitrogens is 3. The van der Waals surface area contributed by atoms with Gasteiger partial charge in [-0.15, -0.1) is 11.3 Å². The average molecular weight is 276 g/mol. The van der Waals surface area contributed by atoms with Crippen LogP contribution in [0.15, 0.2) is 17.8 Å². The molecule has 0 bridgehead atoms. The number of aryl methyl sites for hydroxylation is 2. The molecule has 0 aromatic carbocycles. The highest BCUT2D eigenvalue weighted by molar-refractivity contribution is 7.09. The fourth-order valence-electron chi connectivity index (χ4n) is 2.09. The third-order valence-electron chi connectivity index (χ3n) is 3.25. The first-order valence-corrected chi connectivity index (χ1v) is 7.23. The number of hydrogen-bond acceptors (Lipinski definition) is 4. The van der Waals surface area contributed by atoms with Crippen LogP contribution in [0, 0.1) is 12.8 Å². The minimum absolute atomic E-state index is 0.0476. The molecule has 1 aliphatic rings. The van der Waals surface area contributed by atoms with Crippen molar-refractivity contribution in [1.29, 1.82) is 0 Å². The number of hydrogen-bond donors (Lipinski definition) is 1. The Balaban J connectivity index is 1.77. The van der Waals surface area contributed by atoms with Crippen LogP contribution >= 0.6 is 11.3 Å². The summed E-state index contributed by atoms with van der Waals surface area (Å²) in [6.45, 7) is 1.98. The van der Waals surface area contributed by atoms with Crippen molar-refractivity contribution < 1.29 is 4.79 Å². The van der Waals surface area contributed by atoms with Crippen molar-refractivity contribution in [1.82, 2.24) is 20.1 Å². The van der Waals surface area contributed by atoms with Crippen LogP contribution in [0.4, 0.5) is 0 Å². The topological polar surface area (TPSA) is 59.8 Å². The summed E-state index contributed by atoms with van der Waals surface area (Å²) >= 11 is 1.62. The number of thiazole rings is 1. The van der Waals surface area contributed by atoms with E-state index in [0.29, 0.717) is 11.5 Å². The highest BCUT2D eigenvalue weighted by Gasteiger charge is 2.35. The lowest BCUT2D eigenvalue weighted by molar-refractivity contribution is 0.0931. The zero-order valence-corrected chi connectivity index (χ0v) is 11.8. The summed E-state index contributed by atoms with van der Waals surface area (Å²) in [5.41, 5.74) is 1.61. The molecule has 1 saturated carbocycles. The molecule has 100 valence electrons. The molecule has 0 radical (unpaired) electrons. The van der Waals surface area contributed by atoms with Gasteiger partial charge in [-0.3, -0.25) is 9.48 Å². The van der Waals surface area contributed by atoms with Crippen LogP contribution < -0.4 is 5.32 Å². The van der Waals surface area contributed by atoms with Gasteiger partial charge in [-0.1, -0.05) is 0 Å². The molecule has 0 spiro atoms. The Morgan fingerprint density at radius 1 is 1.58 bits per heavy atom. The molecule has 3 rings (SSSR count). The van der Waals surface area contributed by atoms with Crippen molar-refractivity contribution in [3.63, 3.8) is 0 Å². The van der Waals surface area contributed by atoms with E-state index in [-0.39, 0.29) is 11.9 Å². The van der Waals surface area contributed by atoms with E-state index in [1.807, 2.05) is 12.3 Å². The maximum atomic E-state index is 12.2. The van der Waals surface area contributed by atoms with Crippen LogP contribution in [-0.2, 0) is 7.05 Å². The van der Waals surface area contributed by atoms with Crippen LogP contribution in [0.2, 0.25) is 0 Å². The van der Waals surface area contributed by atoms with Crippen molar-refractivity contribution in [2.75, 3.05) is 0 Å².